The Hall–Kier alpha value is -2.27. The molecule has 4 rings (SSSR count). The molecule has 0 radical (unpaired) electrons. The van der Waals surface area contributed by atoms with Gasteiger partial charge in [0, 0.05) is 32.5 Å². The molecule has 0 aliphatic carbocycles. The van der Waals surface area contributed by atoms with Gasteiger partial charge < -0.3 is 14.1 Å². The van der Waals surface area contributed by atoms with Crippen LogP contribution in [0.2, 0.25) is 0 Å². The fourth-order valence-corrected chi connectivity index (χ4v) is 4.22. The first-order valence-electron chi connectivity index (χ1n) is 9.84. The largest absolute Gasteiger partial charge is 0.465 e. The van der Waals surface area contributed by atoms with E-state index in [1.807, 2.05) is 42.2 Å². The average Bonchev–Trinajstić information content (AvgIpc) is 3.21. The van der Waals surface area contributed by atoms with Crippen LogP contribution in [0.15, 0.2) is 46.9 Å². The van der Waals surface area contributed by atoms with Gasteiger partial charge in [-0.2, -0.15) is 0 Å². The minimum Gasteiger partial charge on any atom is -0.465 e. The Labute approximate surface area is 160 Å². The molecule has 2 aliphatic heterocycles. The Morgan fingerprint density at radius 2 is 1.85 bits per heavy atom. The van der Waals surface area contributed by atoms with E-state index < -0.39 is 0 Å². The summed E-state index contributed by atoms with van der Waals surface area (Å²) in [5.74, 6) is 2.26. The van der Waals surface area contributed by atoms with Crippen molar-refractivity contribution < 1.29 is 13.9 Å². The lowest BCUT2D eigenvalue weighted by molar-refractivity contribution is -0.00266. The predicted octanol–water partition coefficient (Wildman–Crippen LogP) is 4.18. The number of furan rings is 1. The molecule has 2 saturated heterocycles. The van der Waals surface area contributed by atoms with E-state index in [1.54, 1.807) is 0 Å². The van der Waals surface area contributed by atoms with Crippen LogP contribution < -0.4 is 0 Å². The monoisotopic (exact) mass is 368 g/mol. The summed E-state index contributed by atoms with van der Waals surface area (Å²) >= 11 is 0. The molecule has 1 atom stereocenters. The lowest BCUT2D eigenvalue weighted by Gasteiger charge is -2.37. The van der Waals surface area contributed by atoms with Gasteiger partial charge in [0.15, 0.2) is 0 Å². The van der Waals surface area contributed by atoms with Gasteiger partial charge in [-0.25, -0.2) is 4.79 Å². The van der Waals surface area contributed by atoms with Gasteiger partial charge in [-0.3, -0.25) is 4.90 Å². The summed E-state index contributed by atoms with van der Waals surface area (Å²) in [4.78, 5) is 16.7. The minimum absolute atomic E-state index is 0.159. The topological polar surface area (TPSA) is 45.9 Å². The molecule has 2 fully saturated rings. The normalized spacial score (nSPS) is 20.8. The van der Waals surface area contributed by atoms with Crippen LogP contribution in [0.25, 0.3) is 0 Å². The zero-order valence-corrected chi connectivity index (χ0v) is 16.2. The highest BCUT2D eigenvalue weighted by molar-refractivity contribution is 5.70. The van der Waals surface area contributed by atoms with Crippen LogP contribution >= 0.6 is 0 Å². The molecular formula is C22H28N2O3. The fraction of sp³-hybridized carbons (Fsp3) is 0.500. The van der Waals surface area contributed by atoms with Gasteiger partial charge >= 0.3 is 6.09 Å². The number of carbonyl (C=O) groups is 1. The predicted molar refractivity (Wildman–Crippen MR) is 104 cm³/mol. The molecule has 1 unspecified atom stereocenters. The highest BCUT2D eigenvalue weighted by atomic mass is 16.6. The van der Waals surface area contributed by atoms with Gasteiger partial charge in [-0.1, -0.05) is 37.3 Å². The van der Waals surface area contributed by atoms with Crippen LogP contribution in [0.3, 0.4) is 0 Å². The molecule has 1 spiro atoms. The minimum atomic E-state index is -0.316. The summed E-state index contributed by atoms with van der Waals surface area (Å²) in [6, 6.07) is 14.4. The SMILES string of the molecule is Cc1ccc(CN2CCC3(CC2)CN(CC(C)c2ccccc2)C(=O)O3)o1. The van der Waals surface area contributed by atoms with E-state index in [0.717, 1.165) is 44.0 Å². The Morgan fingerprint density at radius 3 is 2.52 bits per heavy atom. The number of benzene rings is 1. The van der Waals surface area contributed by atoms with Crippen molar-refractivity contribution in [2.24, 2.45) is 0 Å². The number of amides is 1. The number of nitrogens with zero attached hydrogens (tertiary/aromatic N) is 2. The van der Waals surface area contributed by atoms with Crippen molar-refractivity contribution in [3.05, 3.63) is 59.5 Å². The van der Waals surface area contributed by atoms with Crippen molar-refractivity contribution in [3.63, 3.8) is 0 Å². The number of hydrogen-bond donors (Lipinski definition) is 0. The molecular weight excluding hydrogens is 340 g/mol. The summed E-state index contributed by atoms with van der Waals surface area (Å²) in [5, 5.41) is 0. The first kappa shape index (κ1) is 18.1. The Balaban J connectivity index is 1.32. The second kappa shape index (κ2) is 7.39. The van der Waals surface area contributed by atoms with Crippen molar-refractivity contribution in [3.8, 4) is 0 Å². The van der Waals surface area contributed by atoms with Crippen LogP contribution in [0.1, 0.15) is 42.8 Å². The van der Waals surface area contributed by atoms with Crippen molar-refractivity contribution >= 4 is 6.09 Å². The molecule has 1 aromatic carbocycles. The number of carbonyl (C=O) groups excluding carboxylic acids is 1. The third kappa shape index (κ3) is 4.03. The molecule has 5 heteroatoms. The van der Waals surface area contributed by atoms with Crippen molar-refractivity contribution in [2.75, 3.05) is 26.2 Å². The summed E-state index contributed by atoms with van der Waals surface area (Å²) in [5.41, 5.74) is 0.943. The fourth-order valence-electron chi connectivity index (χ4n) is 4.22. The maximum absolute atomic E-state index is 12.5. The standard InChI is InChI=1S/C22H28N2O3/c1-17(19-6-4-3-5-7-19)14-24-16-22(27-21(24)25)10-12-23(13-11-22)15-20-9-8-18(2)26-20/h3-9,17H,10-16H2,1-2H3. The summed E-state index contributed by atoms with van der Waals surface area (Å²) in [7, 11) is 0. The van der Waals surface area contributed by atoms with E-state index in [1.165, 1.54) is 5.56 Å². The lowest BCUT2D eigenvalue weighted by Crippen LogP contribution is -2.46. The molecule has 0 bridgehead atoms. The van der Waals surface area contributed by atoms with E-state index in [2.05, 4.69) is 24.0 Å². The molecule has 2 aliphatic rings. The van der Waals surface area contributed by atoms with Gasteiger partial charge in [-0.05, 0) is 30.5 Å². The van der Waals surface area contributed by atoms with Gasteiger partial charge in [0.05, 0.1) is 13.1 Å². The van der Waals surface area contributed by atoms with Crippen LogP contribution in [-0.2, 0) is 11.3 Å². The van der Waals surface area contributed by atoms with Crippen molar-refractivity contribution in [2.45, 2.75) is 44.8 Å². The Bertz CT molecular complexity index is 778. The first-order valence-corrected chi connectivity index (χ1v) is 9.84. The van der Waals surface area contributed by atoms with Crippen LogP contribution in [0.5, 0.6) is 0 Å². The number of ether oxygens (including phenoxy) is 1. The van der Waals surface area contributed by atoms with Gasteiger partial charge in [0.1, 0.15) is 17.1 Å². The highest BCUT2D eigenvalue weighted by Gasteiger charge is 2.47. The molecule has 1 aromatic heterocycles. The number of piperidine rings is 1. The molecule has 5 nitrogen and oxygen atoms in total. The summed E-state index contributed by atoms with van der Waals surface area (Å²) < 4.78 is 11.6. The van der Waals surface area contributed by atoms with E-state index >= 15 is 0 Å². The van der Waals surface area contributed by atoms with Crippen LogP contribution in [-0.4, -0.2) is 47.7 Å². The molecule has 27 heavy (non-hydrogen) atoms. The molecule has 0 N–H and O–H groups in total. The average molecular weight is 368 g/mol. The Kier molecular flexibility index (Phi) is 4.96. The summed E-state index contributed by atoms with van der Waals surface area (Å²) in [6.07, 6.45) is 1.61. The van der Waals surface area contributed by atoms with Crippen molar-refractivity contribution in [1.29, 1.82) is 0 Å². The second-order valence-electron chi connectivity index (χ2n) is 8.03. The smallest absolute Gasteiger partial charge is 0.410 e. The molecule has 2 aromatic rings. The van der Waals surface area contributed by atoms with Crippen LogP contribution in [0, 0.1) is 6.92 Å². The second-order valence-corrected chi connectivity index (χ2v) is 8.03. The summed E-state index contributed by atoms with van der Waals surface area (Å²) in [6.45, 7) is 8.23. The maximum atomic E-state index is 12.5. The molecule has 0 saturated carbocycles. The quantitative estimate of drug-likeness (QED) is 0.794. The third-order valence-corrected chi connectivity index (χ3v) is 5.85. The number of hydrogen-bond acceptors (Lipinski definition) is 4. The maximum Gasteiger partial charge on any atom is 0.410 e. The lowest BCUT2D eigenvalue weighted by atomic mass is 9.91. The third-order valence-electron chi connectivity index (χ3n) is 5.85. The zero-order valence-electron chi connectivity index (χ0n) is 16.2. The molecule has 1 amide bonds. The van der Waals surface area contributed by atoms with Gasteiger partial charge in [0.25, 0.3) is 0 Å². The van der Waals surface area contributed by atoms with Gasteiger partial charge in [0.2, 0.25) is 0 Å². The van der Waals surface area contributed by atoms with E-state index in [4.69, 9.17) is 9.15 Å². The van der Waals surface area contributed by atoms with E-state index in [-0.39, 0.29) is 11.7 Å². The van der Waals surface area contributed by atoms with Gasteiger partial charge in [-0.15, -0.1) is 0 Å². The highest BCUT2D eigenvalue weighted by Crippen LogP contribution is 2.34. The zero-order chi connectivity index (χ0) is 18.9. The number of rotatable bonds is 5. The first-order chi connectivity index (χ1) is 13.0. The van der Waals surface area contributed by atoms with E-state index in [9.17, 15) is 4.79 Å². The number of likely N-dealkylation sites (tertiary alicyclic amines) is 1. The molecule has 3 heterocycles. The molecule has 144 valence electrons. The van der Waals surface area contributed by atoms with Crippen molar-refractivity contribution in [1.82, 2.24) is 9.80 Å². The van der Waals surface area contributed by atoms with Crippen LogP contribution in [0.4, 0.5) is 4.79 Å². The number of aryl methyl sites for hydroxylation is 1. The van der Waals surface area contributed by atoms with E-state index in [0.29, 0.717) is 19.0 Å². The Morgan fingerprint density at radius 1 is 1.11 bits per heavy atom.